The summed E-state index contributed by atoms with van der Waals surface area (Å²) in [5.74, 6) is -1.07. The molecule has 0 saturated heterocycles. The molecule has 2 rings (SSSR count). The maximum absolute atomic E-state index is 11.3. The Morgan fingerprint density at radius 3 is 2.26 bits per heavy atom. The van der Waals surface area contributed by atoms with Crippen LogP contribution in [0.2, 0.25) is 5.15 Å². The first-order chi connectivity index (χ1) is 8.82. The molecule has 0 spiro atoms. The molecule has 2 aromatic rings. The summed E-state index contributed by atoms with van der Waals surface area (Å²) in [6.45, 7) is 5.74. The van der Waals surface area contributed by atoms with Crippen molar-refractivity contribution in [2.45, 2.75) is 26.2 Å². The Morgan fingerprint density at radius 1 is 1.26 bits per heavy atom. The number of carboxylic acid groups (broad SMARTS) is 1. The second-order valence-electron chi connectivity index (χ2n) is 5.32. The van der Waals surface area contributed by atoms with Gasteiger partial charge in [0.05, 0.1) is 5.69 Å². The van der Waals surface area contributed by atoms with E-state index in [0.29, 0.717) is 10.7 Å². The fourth-order valence-corrected chi connectivity index (χ4v) is 2.46. The molecule has 0 bridgehead atoms. The zero-order valence-electron chi connectivity index (χ0n) is 11.0. The molecule has 0 amide bonds. The van der Waals surface area contributed by atoms with Crippen LogP contribution in [0, 0.1) is 0 Å². The lowest BCUT2D eigenvalue weighted by Gasteiger charge is -2.18. The van der Waals surface area contributed by atoms with Crippen LogP contribution in [0.25, 0.3) is 5.69 Å². The van der Waals surface area contributed by atoms with Gasteiger partial charge in [-0.05, 0) is 17.5 Å². The van der Waals surface area contributed by atoms with Crippen molar-refractivity contribution in [1.82, 2.24) is 9.78 Å². The highest BCUT2D eigenvalue weighted by Gasteiger charge is 2.30. The molecule has 1 N–H and O–H groups in total. The van der Waals surface area contributed by atoms with Crippen LogP contribution in [0.4, 0.5) is 0 Å². The van der Waals surface area contributed by atoms with Crippen LogP contribution in [-0.2, 0) is 5.41 Å². The van der Waals surface area contributed by atoms with Crippen molar-refractivity contribution in [2.24, 2.45) is 0 Å². The molecule has 1 aromatic carbocycles. The molecule has 4 nitrogen and oxygen atoms in total. The van der Waals surface area contributed by atoms with Crippen LogP contribution in [0.3, 0.4) is 0 Å². The van der Waals surface area contributed by atoms with Crippen LogP contribution in [0.15, 0.2) is 30.3 Å². The number of carbonyl (C=O) groups is 1. The molecular weight excluding hydrogens is 264 g/mol. The number of hydrogen-bond acceptors (Lipinski definition) is 2. The van der Waals surface area contributed by atoms with Crippen LogP contribution in [-0.4, -0.2) is 20.9 Å². The molecule has 0 radical (unpaired) electrons. The number of rotatable bonds is 2. The van der Waals surface area contributed by atoms with Crippen LogP contribution >= 0.6 is 11.6 Å². The van der Waals surface area contributed by atoms with Gasteiger partial charge in [0.2, 0.25) is 0 Å². The van der Waals surface area contributed by atoms with Crippen LogP contribution in [0.1, 0.15) is 36.8 Å². The topological polar surface area (TPSA) is 55.1 Å². The fraction of sp³-hybridized carbons (Fsp3) is 0.286. The van der Waals surface area contributed by atoms with Gasteiger partial charge in [0.1, 0.15) is 5.15 Å². The highest BCUT2D eigenvalue weighted by molar-refractivity contribution is 6.31. The van der Waals surface area contributed by atoms with E-state index in [2.05, 4.69) is 5.10 Å². The molecule has 1 aromatic heterocycles. The van der Waals surface area contributed by atoms with Gasteiger partial charge in [0.25, 0.3) is 0 Å². The van der Waals surface area contributed by atoms with Crippen molar-refractivity contribution in [1.29, 1.82) is 0 Å². The van der Waals surface area contributed by atoms with Crippen molar-refractivity contribution in [3.8, 4) is 5.69 Å². The summed E-state index contributed by atoms with van der Waals surface area (Å²) >= 11 is 6.33. The molecule has 0 aliphatic heterocycles. The normalized spacial score (nSPS) is 11.6. The second kappa shape index (κ2) is 4.70. The Kier molecular flexibility index (Phi) is 3.37. The average Bonchev–Trinajstić information content (AvgIpc) is 2.68. The number of carboxylic acids is 1. The van der Waals surface area contributed by atoms with Crippen molar-refractivity contribution < 1.29 is 9.90 Å². The maximum atomic E-state index is 11.3. The molecule has 0 fully saturated rings. The molecule has 0 aliphatic rings. The zero-order valence-corrected chi connectivity index (χ0v) is 11.8. The second-order valence-corrected chi connectivity index (χ2v) is 5.67. The predicted octanol–water partition coefficient (Wildman–Crippen LogP) is 3.52. The Bertz CT molecular complexity index is 612. The lowest BCUT2D eigenvalue weighted by molar-refractivity contribution is 0.0687. The third-order valence-corrected chi connectivity index (χ3v) is 3.13. The van der Waals surface area contributed by atoms with Gasteiger partial charge in [-0.25, -0.2) is 9.48 Å². The first-order valence-corrected chi connectivity index (χ1v) is 6.28. The van der Waals surface area contributed by atoms with Gasteiger partial charge in [-0.1, -0.05) is 50.6 Å². The number of halogens is 1. The van der Waals surface area contributed by atoms with E-state index >= 15 is 0 Å². The molecule has 0 aliphatic carbocycles. The summed E-state index contributed by atoms with van der Waals surface area (Å²) < 4.78 is 1.46. The molecule has 0 saturated carbocycles. The van der Waals surface area contributed by atoms with Gasteiger partial charge in [-0.3, -0.25) is 0 Å². The summed E-state index contributed by atoms with van der Waals surface area (Å²) in [5, 5.41) is 13.8. The van der Waals surface area contributed by atoms with Crippen LogP contribution in [0.5, 0.6) is 0 Å². The largest absolute Gasteiger partial charge is 0.476 e. The molecule has 5 heteroatoms. The summed E-state index contributed by atoms with van der Waals surface area (Å²) in [6, 6.07) is 9.24. The van der Waals surface area contributed by atoms with E-state index in [4.69, 9.17) is 11.6 Å². The smallest absolute Gasteiger partial charge is 0.356 e. The number of benzene rings is 1. The SMILES string of the molecule is CC(C)(C)c1c(C(=O)O)nn(-c2ccccc2)c1Cl. The van der Waals surface area contributed by atoms with Gasteiger partial charge in [0.15, 0.2) is 5.69 Å². The van der Waals surface area contributed by atoms with Gasteiger partial charge in [-0.15, -0.1) is 0 Å². The van der Waals surface area contributed by atoms with Gasteiger partial charge in [0, 0.05) is 5.56 Å². The minimum Gasteiger partial charge on any atom is -0.476 e. The predicted molar refractivity (Wildman–Crippen MR) is 74.2 cm³/mol. The minimum absolute atomic E-state index is 0.00125. The lowest BCUT2D eigenvalue weighted by atomic mass is 9.87. The Labute approximate surface area is 116 Å². The monoisotopic (exact) mass is 278 g/mol. The highest BCUT2D eigenvalue weighted by atomic mass is 35.5. The molecule has 0 atom stereocenters. The first-order valence-electron chi connectivity index (χ1n) is 5.90. The van der Waals surface area contributed by atoms with Crippen molar-refractivity contribution in [2.75, 3.05) is 0 Å². The number of hydrogen-bond donors (Lipinski definition) is 1. The number of aromatic nitrogens is 2. The molecule has 19 heavy (non-hydrogen) atoms. The standard InChI is InChI=1S/C14H15ClN2O2/c1-14(2,3)10-11(13(18)19)16-17(12(10)15)9-7-5-4-6-8-9/h4-8H,1-3H3,(H,18,19). The van der Waals surface area contributed by atoms with E-state index in [-0.39, 0.29) is 5.69 Å². The highest BCUT2D eigenvalue weighted by Crippen LogP contribution is 2.34. The third kappa shape index (κ3) is 2.49. The number of aromatic carboxylic acids is 1. The zero-order chi connectivity index (χ0) is 14.2. The molecular formula is C14H15ClN2O2. The molecule has 100 valence electrons. The maximum Gasteiger partial charge on any atom is 0.356 e. The quantitative estimate of drug-likeness (QED) is 0.914. The summed E-state index contributed by atoms with van der Waals surface area (Å²) in [7, 11) is 0. The van der Waals surface area contributed by atoms with E-state index < -0.39 is 11.4 Å². The van der Waals surface area contributed by atoms with Crippen LogP contribution < -0.4 is 0 Å². The van der Waals surface area contributed by atoms with Crippen molar-refractivity contribution in [3.63, 3.8) is 0 Å². The number of para-hydroxylation sites is 1. The lowest BCUT2D eigenvalue weighted by Crippen LogP contribution is -2.16. The first kappa shape index (κ1) is 13.6. The van der Waals surface area contributed by atoms with E-state index in [9.17, 15) is 9.90 Å². The van der Waals surface area contributed by atoms with E-state index in [1.165, 1.54) is 4.68 Å². The third-order valence-electron chi connectivity index (χ3n) is 2.78. The number of nitrogens with zero attached hydrogens (tertiary/aromatic N) is 2. The van der Waals surface area contributed by atoms with Crippen molar-refractivity contribution in [3.05, 3.63) is 46.7 Å². The van der Waals surface area contributed by atoms with E-state index in [1.807, 2.05) is 51.1 Å². The van der Waals surface area contributed by atoms with E-state index in [1.54, 1.807) is 0 Å². The van der Waals surface area contributed by atoms with Crippen molar-refractivity contribution >= 4 is 17.6 Å². The Morgan fingerprint density at radius 2 is 1.84 bits per heavy atom. The van der Waals surface area contributed by atoms with Gasteiger partial charge >= 0.3 is 5.97 Å². The fourth-order valence-electron chi connectivity index (χ4n) is 1.95. The molecule has 0 unspecified atom stereocenters. The Hall–Kier alpha value is -1.81. The van der Waals surface area contributed by atoms with Gasteiger partial charge < -0.3 is 5.11 Å². The summed E-state index contributed by atoms with van der Waals surface area (Å²) in [4.78, 5) is 11.3. The Balaban J connectivity index is 2.70. The summed E-state index contributed by atoms with van der Waals surface area (Å²) in [6.07, 6.45) is 0. The minimum atomic E-state index is -1.07. The average molecular weight is 279 g/mol. The molecule has 1 heterocycles. The van der Waals surface area contributed by atoms with Gasteiger partial charge in [-0.2, -0.15) is 5.10 Å². The summed E-state index contributed by atoms with van der Waals surface area (Å²) in [5.41, 5.74) is 0.898. The van der Waals surface area contributed by atoms with E-state index in [0.717, 1.165) is 5.69 Å².